The molecule has 7 heteroatoms. The first-order chi connectivity index (χ1) is 15.6. The minimum atomic E-state index is -0.0691. The Hall–Kier alpha value is -3.45. The number of nitrogens with zero attached hydrogens (tertiary/aromatic N) is 4. The molecular weight excluding hydrogens is 418 g/mol. The van der Waals surface area contributed by atoms with E-state index in [1.807, 2.05) is 73.0 Å². The minimum Gasteiger partial charge on any atom is -0.325 e. The number of carbonyl (C=O) groups is 1. The van der Waals surface area contributed by atoms with Gasteiger partial charge in [0.05, 0.1) is 5.75 Å². The number of hydrogen-bond acceptors (Lipinski definition) is 5. The van der Waals surface area contributed by atoms with E-state index >= 15 is 0 Å². The largest absolute Gasteiger partial charge is 0.325 e. The summed E-state index contributed by atoms with van der Waals surface area (Å²) in [5, 5.41) is 12.5. The molecule has 0 saturated carbocycles. The topological polar surface area (TPSA) is 72.7 Å². The van der Waals surface area contributed by atoms with Gasteiger partial charge in [-0.15, -0.1) is 10.2 Å². The Morgan fingerprint density at radius 2 is 1.84 bits per heavy atom. The van der Waals surface area contributed by atoms with Gasteiger partial charge in [-0.3, -0.25) is 14.3 Å². The van der Waals surface area contributed by atoms with Crippen molar-refractivity contribution in [2.45, 2.75) is 32.3 Å². The van der Waals surface area contributed by atoms with Crippen molar-refractivity contribution >= 4 is 23.4 Å². The summed E-state index contributed by atoms with van der Waals surface area (Å²) >= 11 is 1.37. The number of rotatable bonds is 7. The van der Waals surface area contributed by atoms with Gasteiger partial charge in [-0.1, -0.05) is 54.6 Å². The summed E-state index contributed by atoms with van der Waals surface area (Å²) in [5.74, 6) is 0.853. The molecule has 4 rings (SSSR count). The van der Waals surface area contributed by atoms with Crippen LogP contribution in [0, 0.1) is 13.8 Å². The van der Waals surface area contributed by atoms with Crippen molar-refractivity contribution in [1.82, 2.24) is 19.7 Å². The monoisotopic (exact) mass is 443 g/mol. The van der Waals surface area contributed by atoms with Crippen LogP contribution in [0.5, 0.6) is 0 Å². The summed E-state index contributed by atoms with van der Waals surface area (Å²) < 4.78 is 1.97. The van der Waals surface area contributed by atoms with Gasteiger partial charge in [-0.05, 0) is 55.7 Å². The van der Waals surface area contributed by atoms with E-state index in [-0.39, 0.29) is 11.7 Å². The number of anilines is 1. The fourth-order valence-electron chi connectivity index (χ4n) is 3.48. The molecule has 0 saturated heterocycles. The lowest BCUT2D eigenvalue weighted by molar-refractivity contribution is -0.113. The summed E-state index contributed by atoms with van der Waals surface area (Å²) in [6, 6.07) is 18.1. The predicted molar refractivity (Wildman–Crippen MR) is 129 cm³/mol. The third kappa shape index (κ3) is 4.73. The van der Waals surface area contributed by atoms with Crippen molar-refractivity contribution in [2.24, 2.45) is 0 Å². The molecule has 4 aromatic rings. The molecule has 0 aliphatic rings. The number of nitrogens with one attached hydrogen (secondary N) is 1. The molecule has 0 unspecified atom stereocenters. The number of pyridine rings is 1. The lowest BCUT2D eigenvalue weighted by Crippen LogP contribution is -2.16. The second kappa shape index (κ2) is 9.78. The summed E-state index contributed by atoms with van der Waals surface area (Å²) in [5.41, 5.74) is 6.06. The van der Waals surface area contributed by atoms with Gasteiger partial charge in [0.25, 0.3) is 0 Å². The van der Waals surface area contributed by atoms with Crippen molar-refractivity contribution in [1.29, 1.82) is 0 Å². The second-order valence-corrected chi connectivity index (χ2v) is 8.46. The zero-order valence-electron chi connectivity index (χ0n) is 18.4. The molecule has 1 amide bonds. The Labute approximate surface area is 192 Å². The predicted octanol–water partition coefficient (Wildman–Crippen LogP) is 5.24. The average Bonchev–Trinajstić information content (AvgIpc) is 3.24. The quantitative estimate of drug-likeness (QED) is 0.396. The minimum absolute atomic E-state index is 0.0691. The first kappa shape index (κ1) is 21.8. The molecule has 2 heterocycles. The van der Waals surface area contributed by atoms with Crippen LogP contribution in [0.2, 0.25) is 0 Å². The van der Waals surface area contributed by atoms with Crippen LogP contribution in [0.15, 0.2) is 72.1 Å². The van der Waals surface area contributed by atoms with E-state index in [0.29, 0.717) is 11.0 Å². The average molecular weight is 444 g/mol. The first-order valence-corrected chi connectivity index (χ1v) is 11.5. The third-order valence-electron chi connectivity index (χ3n) is 5.18. The number of aryl methyl sites for hydroxylation is 3. The second-order valence-electron chi connectivity index (χ2n) is 7.52. The SMILES string of the molecule is CCc1cccc(C)c1NC(=O)CSc1nnc(-c2cccnc2)n1-c1ccc(C)cc1. The molecule has 32 heavy (non-hydrogen) atoms. The molecule has 0 atom stereocenters. The van der Waals surface area contributed by atoms with Gasteiger partial charge in [0.1, 0.15) is 0 Å². The zero-order valence-corrected chi connectivity index (χ0v) is 19.2. The zero-order chi connectivity index (χ0) is 22.5. The number of para-hydroxylation sites is 1. The lowest BCUT2D eigenvalue weighted by Gasteiger charge is -2.13. The molecule has 0 fully saturated rings. The maximum atomic E-state index is 12.8. The normalized spacial score (nSPS) is 10.8. The van der Waals surface area contributed by atoms with Crippen LogP contribution in [0.4, 0.5) is 5.69 Å². The molecule has 0 aliphatic heterocycles. The van der Waals surface area contributed by atoms with E-state index in [2.05, 4.69) is 27.4 Å². The highest BCUT2D eigenvalue weighted by Crippen LogP contribution is 2.28. The van der Waals surface area contributed by atoms with Crippen LogP contribution in [0.3, 0.4) is 0 Å². The summed E-state index contributed by atoms with van der Waals surface area (Å²) in [6.45, 7) is 6.15. The Bertz CT molecular complexity index is 1220. The number of benzene rings is 2. The standard InChI is InChI=1S/C25H25N5OS/c1-4-19-8-5-7-18(3)23(19)27-22(31)16-32-25-29-28-24(20-9-6-14-26-15-20)30(25)21-12-10-17(2)11-13-21/h5-15H,4,16H2,1-3H3,(H,27,31). The van der Waals surface area contributed by atoms with Crippen LogP contribution in [-0.2, 0) is 11.2 Å². The van der Waals surface area contributed by atoms with Crippen molar-refractivity contribution in [2.75, 3.05) is 11.1 Å². The maximum Gasteiger partial charge on any atom is 0.234 e. The van der Waals surface area contributed by atoms with E-state index in [1.165, 1.54) is 17.3 Å². The Kier molecular flexibility index (Phi) is 6.66. The van der Waals surface area contributed by atoms with Crippen LogP contribution in [0.25, 0.3) is 17.1 Å². The van der Waals surface area contributed by atoms with Crippen LogP contribution in [0.1, 0.15) is 23.6 Å². The fourth-order valence-corrected chi connectivity index (χ4v) is 4.23. The third-order valence-corrected chi connectivity index (χ3v) is 6.11. The van der Waals surface area contributed by atoms with E-state index in [9.17, 15) is 4.79 Å². The molecule has 162 valence electrons. The van der Waals surface area contributed by atoms with Crippen molar-refractivity contribution in [3.8, 4) is 17.1 Å². The highest BCUT2D eigenvalue weighted by Gasteiger charge is 2.18. The van der Waals surface area contributed by atoms with E-state index < -0.39 is 0 Å². The van der Waals surface area contributed by atoms with Gasteiger partial charge in [0.15, 0.2) is 11.0 Å². The van der Waals surface area contributed by atoms with E-state index in [1.54, 1.807) is 12.4 Å². The molecule has 1 N–H and O–H groups in total. The molecule has 0 aliphatic carbocycles. The van der Waals surface area contributed by atoms with Gasteiger partial charge >= 0.3 is 0 Å². The lowest BCUT2D eigenvalue weighted by atomic mass is 10.1. The van der Waals surface area contributed by atoms with Gasteiger partial charge < -0.3 is 5.32 Å². The van der Waals surface area contributed by atoms with Crippen LogP contribution >= 0.6 is 11.8 Å². The van der Waals surface area contributed by atoms with Gasteiger partial charge in [-0.25, -0.2) is 0 Å². The highest BCUT2D eigenvalue weighted by atomic mass is 32.2. The van der Waals surface area contributed by atoms with Crippen molar-refractivity contribution in [3.05, 3.63) is 83.7 Å². The highest BCUT2D eigenvalue weighted by molar-refractivity contribution is 7.99. The number of amides is 1. The Balaban J connectivity index is 1.60. The maximum absolute atomic E-state index is 12.8. The van der Waals surface area contributed by atoms with E-state index in [0.717, 1.165) is 34.5 Å². The van der Waals surface area contributed by atoms with Crippen molar-refractivity contribution < 1.29 is 4.79 Å². The Morgan fingerprint density at radius 3 is 2.56 bits per heavy atom. The summed E-state index contributed by atoms with van der Waals surface area (Å²) in [7, 11) is 0. The van der Waals surface area contributed by atoms with Crippen LogP contribution in [-0.4, -0.2) is 31.4 Å². The number of hydrogen-bond donors (Lipinski definition) is 1. The van der Waals surface area contributed by atoms with Crippen molar-refractivity contribution in [3.63, 3.8) is 0 Å². The van der Waals surface area contributed by atoms with Crippen LogP contribution < -0.4 is 5.32 Å². The first-order valence-electron chi connectivity index (χ1n) is 10.5. The molecule has 6 nitrogen and oxygen atoms in total. The van der Waals surface area contributed by atoms with Gasteiger partial charge in [0.2, 0.25) is 5.91 Å². The van der Waals surface area contributed by atoms with Gasteiger partial charge in [0, 0.05) is 29.3 Å². The molecule has 2 aromatic carbocycles. The molecule has 0 bridgehead atoms. The summed E-state index contributed by atoms with van der Waals surface area (Å²) in [4.78, 5) is 17.0. The molecule has 0 spiro atoms. The van der Waals surface area contributed by atoms with E-state index in [4.69, 9.17) is 0 Å². The number of thioether (sulfide) groups is 1. The number of carbonyl (C=O) groups excluding carboxylic acids is 1. The fraction of sp³-hybridized carbons (Fsp3) is 0.200. The number of aromatic nitrogens is 4. The Morgan fingerprint density at radius 1 is 1.03 bits per heavy atom. The molecular formula is C25H25N5OS. The molecule has 0 radical (unpaired) electrons. The van der Waals surface area contributed by atoms with Gasteiger partial charge in [-0.2, -0.15) is 0 Å². The molecule has 2 aromatic heterocycles. The smallest absolute Gasteiger partial charge is 0.234 e. The summed E-state index contributed by atoms with van der Waals surface area (Å²) in [6.07, 6.45) is 4.35.